The molecule has 0 spiro atoms. The molecule has 0 unspecified atom stereocenters. The molecule has 0 fully saturated rings. The van der Waals surface area contributed by atoms with Crippen LogP contribution in [-0.2, 0) is 9.59 Å². The van der Waals surface area contributed by atoms with Crippen molar-refractivity contribution < 1.29 is 19.8 Å². The lowest BCUT2D eigenvalue weighted by Gasteiger charge is -1.92. The number of unbranched alkanes of at least 4 members (excludes halogenated alkanes) is 1. The number of para-hydroxylation sites is 2. The largest absolute Gasteiger partial charge is 0.481 e. The van der Waals surface area contributed by atoms with Crippen LogP contribution in [0.5, 0.6) is 0 Å². The van der Waals surface area contributed by atoms with Crippen LogP contribution in [0, 0.1) is 0 Å². The van der Waals surface area contributed by atoms with Crippen LogP contribution in [0.2, 0.25) is 0 Å². The van der Waals surface area contributed by atoms with E-state index >= 15 is 0 Å². The summed E-state index contributed by atoms with van der Waals surface area (Å²) in [5.41, 5.74) is 2.12. The van der Waals surface area contributed by atoms with Crippen molar-refractivity contribution in [3.8, 4) is 0 Å². The van der Waals surface area contributed by atoms with Crippen molar-refractivity contribution >= 4 is 33.7 Å². The Bertz CT molecular complexity index is 864. The Morgan fingerprint density at radius 3 is 1.33 bits per heavy atom. The smallest absolute Gasteiger partial charge is 0.303 e. The lowest BCUT2D eigenvalue weighted by atomic mass is 10.2. The molecule has 154 valence electrons. The fourth-order valence-corrected chi connectivity index (χ4v) is 2.58. The Morgan fingerprint density at radius 2 is 0.967 bits per heavy atom. The van der Waals surface area contributed by atoms with Gasteiger partial charge in [0.25, 0.3) is 0 Å². The number of aliphatic carboxylic acids is 2. The van der Waals surface area contributed by atoms with Crippen molar-refractivity contribution in [2.24, 2.45) is 0 Å². The topological polar surface area (TPSA) is 100 Å². The quantitative estimate of drug-likeness (QED) is 0.444. The van der Waals surface area contributed by atoms with Crippen molar-refractivity contribution in [3.05, 3.63) is 85.2 Å². The molecule has 4 aromatic rings. The molecule has 2 heterocycles. The number of hydrogen-bond acceptors (Lipinski definition) is 4. The Hall–Kier alpha value is -3.80. The van der Waals surface area contributed by atoms with Crippen LogP contribution in [0.25, 0.3) is 21.8 Å². The summed E-state index contributed by atoms with van der Waals surface area (Å²) in [6, 6.07) is 24.2. The highest BCUT2D eigenvalue weighted by atomic mass is 16.4. The molecule has 0 saturated heterocycles. The molecule has 6 nitrogen and oxygen atoms in total. The van der Waals surface area contributed by atoms with E-state index in [9.17, 15) is 9.59 Å². The second-order valence-corrected chi connectivity index (χ2v) is 6.39. The van der Waals surface area contributed by atoms with Crippen molar-refractivity contribution in [1.29, 1.82) is 0 Å². The van der Waals surface area contributed by atoms with Crippen LogP contribution >= 0.6 is 0 Å². The third-order valence-electron chi connectivity index (χ3n) is 4.06. The van der Waals surface area contributed by atoms with Gasteiger partial charge in [-0.1, -0.05) is 48.5 Å². The Labute approximate surface area is 174 Å². The molecule has 0 bridgehead atoms. The van der Waals surface area contributed by atoms with Crippen LogP contribution in [0.1, 0.15) is 25.7 Å². The SMILES string of the molecule is O=C(O)CCCCC(=O)O.c1ccc2ncccc2c1.c1ccc2ncccc2c1. The molecule has 0 amide bonds. The van der Waals surface area contributed by atoms with Gasteiger partial charge in [-0.25, -0.2) is 0 Å². The van der Waals surface area contributed by atoms with E-state index in [1.807, 2.05) is 60.9 Å². The Morgan fingerprint density at radius 1 is 0.600 bits per heavy atom. The zero-order chi connectivity index (χ0) is 21.6. The van der Waals surface area contributed by atoms with E-state index in [2.05, 4.69) is 34.2 Å². The Kier molecular flexibility index (Phi) is 9.46. The zero-order valence-corrected chi connectivity index (χ0v) is 16.5. The molecular weight excluding hydrogens is 380 g/mol. The van der Waals surface area contributed by atoms with E-state index < -0.39 is 11.9 Å². The van der Waals surface area contributed by atoms with Crippen LogP contribution in [0.3, 0.4) is 0 Å². The number of rotatable bonds is 5. The maximum absolute atomic E-state index is 9.90. The van der Waals surface area contributed by atoms with Gasteiger partial charge in [-0.15, -0.1) is 0 Å². The van der Waals surface area contributed by atoms with Crippen LogP contribution < -0.4 is 0 Å². The maximum atomic E-state index is 9.90. The summed E-state index contributed by atoms with van der Waals surface area (Å²) in [7, 11) is 0. The van der Waals surface area contributed by atoms with Gasteiger partial charge >= 0.3 is 11.9 Å². The predicted octanol–water partition coefficient (Wildman–Crippen LogP) is 5.19. The van der Waals surface area contributed by atoms with Crippen molar-refractivity contribution in [2.45, 2.75) is 25.7 Å². The van der Waals surface area contributed by atoms with Gasteiger partial charge in [-0.2, -0.15) is 0 Å². The molecular formula is C24H24N2O4. The van der Waals surface area contributed by atoms with E-state index in [-0.39, 0.29) is 12.8 Å². The second kappa shape index (κ2) is 12.6. The first kappa shape index (κ1) is 22.5. The lowest BCUT2D eigenvalue weighted by molar-refractivity contribution is -0.139. The fraction of sp³-hybridized carbons (Fsp3) is 0.167. The number of carboxylic acids is 2. The number of fused-ring (bicyclic) bond motifs is 2. The van der Waals surface area contributed by atoms with Crippen LogP contribution in [0.4, 0.5) is 0 Å². The molecule has 30 heavy (non-hydrogen) atoms. The fourth-order valence-electron chi connectivity index (χ4n) is 2.58. The molecule has 2 N–H and O–H groups in total. The summed E-state index contributed by atoms with van der Waals surface area (Å²) in [6.45, 7) is 0. The number of aromatic nitrogens is 2. The number of nitrogens with zero attached hydrogens (tertiary/aromatic N) is 2. The van der Waals surface area contributed by atoms with Gasteiger partial charge in [-0.3, -0.25) is 19.6 Å². The van der Waals surface area contributed by atoms with E-state index in [0.29, 0.717) is 12.8 Å². The molecule has 0 radical (unpaired) electrons. The standard InChI is InChI=1S/2C9H7N.C6H10O4/c2*1-2-6-9-8(4-1)5-3-7-10-9;7-5(8)3-1-2-4-6(9)10/h2*1-7H;1-4H2,(H,7,8)(H,9,10). The molecule has 0 aliphatic rings. The molecule has 2 aromatic heterocycles. The molecule has 0 aliphatic heterocycles. The lowest BCUT2D eigenvalue weighted by Crippen LogP contribution is -1.97. The third-order valence-corrected chi connectivity index (χ3v) is 4.06. The van der Waals surface area contributed by atoms with Crippen molar-refractivity contribution in [2.75, 3.05) is 0 Å². The highest BCUT2D eigenvalue weighted by Crippen LogP contribution is 2.08. The number of hydrogen-bond donors (Lipinski definition) is 2. The third kappa shape index (κ3) is 8.48. The summed E-state index contributed by atoms with van der Waals surface area (Å²) in [5, 5.41) is 18.7. The van der Waals surface area contributed by atoms with Gasteiger partial charge in [-0.05, 0) is 37.1 Å². The van der Waals surface area contributed by atoms with Gasteiger partial charge in [0, 0.05) is 36.0 Å². The summed E-state index contributed by atoms with van der Waals surface area (Å²) in [5.74, 6) is -1.74. The normalized spacial score (nSPS) is 9.73. The van der Waals surface area contributed by atoms with E-state index in [1.165, 1.54) is 10.8 Å². The highest BCUT2D eigenvalue weighted by molar-refractivity contribution is 5.78. The van der Waals surface area contributed by atoms with Gasteiger partial charge < -0.3 is 10.2 Å². The van der Waals surface area contributed by atoms with Crippen molar-refractivity contribution in [1.82, 2.24) is 9.97 Å². The minimum absolute atomic E-state index is 0.0628. The van der Waals surface area contributed by atoms with Gasteiger partial charge in [0.2, 0.25) is 0 Å². The molecule has 2 aromatic carbocycles. The number of carbonyl (C=O) groups is 2. The first-order valence-electron chi connectivity index (χ1n) is 9.59. The molecule has 0 atom stereocenters. The van der Waals surface area contributed by atoms with Crippen molar-refractivity contribution in [3.63, 3.8) is 0 Å². The minimum atomic E-state index is -0.870. The Balaban J connectivity index is 0.000000160. The van der Waals surface area contributed by atoms with E-state index in [1.54, 1.807) is 0 Å². The number of benzene rings is 2. The van der Waals surface area contributed by atoms with Gasteiger partial charge in [0.1, 0.15) is 0 Å². The predicted molar refractivity (Wildman–Crippen MR) is 117 cm³/mol. The van der Waals surface area contributed by atoms with E-state index in [0.717, 1.165) is 11.0 Å². The van der Waals surface area contributed by atoms with Gasteiger partial charge in [0.15, 0.2) is 0 Å². The minimum Gasteiger partial charge on any atom is -0.481 e. The molecule has 4 rings (SSSR count). The summed E-state index contributed by atoms with van der Waals surface area (Å²) in [4.78, 5) is 28.2. The highest BCUT2D eigenvalue weighted by Gasteiger charge is 1.99. The van der Waals surface area contributed by atoms with E-state index in [4.69, 9.17) is 10.2 Å². The monoisotopic (exact) mass is 404 g/mol. The van der Waals surface area contributed by atoms with Gasteiger partial charge in [0.05, 0.1) is 11.0 Å². The molecule has 6 heteroatoms. The first-order chi connectivity index (χ1) is 14.6. The van der Waals surface area contributed by atoms with Crippen LogP contribution in [-0.4, -0.2) is 32.1 Å². The number of pyridine rings is 2. The average Bonchev–Trinajstić information content (AvgIpc) is 2.78. The second-order valence-electron chi connectivity index (χ2n) is 6.39. The zero-order valence-electron chi connectivity index (χ0n) is 16.5. The summed E-state index contributed by atoms with van der Waals surface area (Å²) in [6.07, 6.45) is 4.63. The maximum Gasteiger partial charge on any atom is 0.303 e. The molecule has 0 saturated carbocycles. The average molecular weight is 404 g/mol. The summed E-state index contributed by atoms with van der Waals surface area (Å²) >= 11 is 0. The summed E-state index contributed by atoms with van der Waals surface area (Å²) < 4.78 is 0. The van der Waals surface area contributed by atoms with Crippen LogP contribution in [0.15, 0.2) is 85.2 Å². The first-order valence-corrected chi connectivity index (χ1v) is 9.59. The number of carboxylic acid groups (broad SMARTS) is 2. The molecule has 0 aliphatic carbocycles.